The Bertz CT molecular complexity index is 565. The average Bonchev–Trinajstić information content (AvgIpc) is 2.70. The minimum Gasteiger partial charge on any atom is -0.274 e. The molecule has 1 heterocycles. The van der Waals surface area contributed by atoms with Crippen LogP contribution in [0.15, 0.2) is 24.3 Å². The monoisotopic (exact) mass is 293 g/mol. The molecule has 0 unspecified atom stereocenters. The number of benzene rings is 1. The number of nitrogens with zero attached hydrogens (tertiary/aromatic N) is 1. The van der Waals surface area contributed by atoms with Gasteiger partial charge in [-0.25, -0.2) is 8.78 Å². The minimum atomic E-state index is -2.83. The Morgan fingerprint density at radius 2 is 1.71 bits per heavy atom. The molecule has 0 radical (unpaired) electrons. The fourth-order valence-electron chi connectivity index (χ4n) is 3.30. The Labute approximate surface area is 121 Å². The van der Waals surface area contributed by atoms with Crippen molar-refractivity contribution in [2.24, 2.45) is 11.8 Å². The summed E-state index contributed by atoms with van der Waals surface area (Å²) in [5, 5.41) is 0. The molecule has 1 saturated carbocycles. The number of carbonyl (C=O) groups excluding carboxylic acids is 2. The van der Waals surface area contributed by atoms with E-state index < -0.39 is 29.6 Å². The van der Waals surface area contributed by atoms with Gasteiger partial charge < -0.3 is 0 Å². The highest BCUT2D eigenvalue weighted by Crippen LogP contribution is 2.43. The largest absolute Gasteiger partial charge is 0.274 e. The molecule has 112 valence electrons. The first kappa shape index (κ1) is 14.2. The van der Waals surface area contributed by atoms with Crippen molar-refractivity contribution in [3.63, 3.8) is 0 Å². The Balaban J connectivity index is 1.84. The summed E-state index contributed by atoms with van der Waals surface area (Å²) >= 11 is 0. The van der Waals surface area contributed by atoms with E-state index in [9.17, 15) is 18.4 Å². The van der Waals surface area contributed by atoms with Crippen molar-refractivity contribution in [3.8, 4) is 0 Å². The first-order valence-corrected chi connectivity index (χ1v) is 7.26. The predicted molar refractivity (Wildman–Crippen MR) is 73.3 cm³/mol. The van der Waals surface area contributed by atoms with Crippen LogP contribution in [0, 0.1) is 11.8 Å². The fourth-order valence-corrected chi connectivity index (χ4v) is 3.30. The van der Waals surface area contributed by atoms with Crippen LogP contribution in [-0.2, 0) is 0 Å². The summed E-state index contributed by atoms with van der Waals surface area (Å²) < 4.78 is 28.5. The molecule has 0 aromatic heterocycles. The number of imide groups is 1. The van der Waals surface area contributed by atoms with Crippen LogP contribution >= 0.6 is 0 Å². The van der Waals surface area contributed by atoms with Gasteiger partial charge in [0.15, 0.2) is 0 Å². The van der Waals surface area contributed by atoms with Crippen molar-refractivity contribution < 1.29 is 18.4 Å². The highest BCUT2D eigenvalue weighted by Gasteiger charge is 2.49. The van der Waals surface area contributed by atoms with Crippen molar-refractivity contribution >= 4 is 11.8 Å². The van der Waals surface area contributed by atoms with Gasteiger partial charge >= 0.3 is 0 Å². The normalized spacial score (nSPS) is 27.9. The second kappa shape index (κ2) is 4.90. The standard InChI is InChI=1S/C16H17F2NO2/c1-10-5-4-6-11(16(10,17)18)9-19-14(20)12-7-2-3-8-13(12)15(19)21/h2-3,7-8,10-11H,4-6,9H2,1H3/t10-,11-/m0/s1. The SMILES string of the molecule is C[C@H]1CCC[C@@H](CN2C(=O)c3ccccc3C2=O)C1(F)F. The lowest BCUT2D eigenvalue weighted by atomic mass is 9.78. The molecule has 3 rings (SSSR count). The molecule has 1 aromatic carbocycles. The zero-order valence-corrected chi connectivity index (χ0v) is 11.8. The highest BCUT2D eigenvalue weighted by molar-refractivity contribution is 6.21. The quantitative estimate of drug-likeness (QED) is 0.784. The van der Waals surface area contributed by atoms with Crippen molar-refractivity contribution in [1.82, 2.24) is 4.90 Å². The third kappa shape index (κ3) is 2.15. The summed E-state index contributed by atoms with van der Waals surface area (Å²) in [5.41, 5.74) is 0.629. The molecule has 0 saturated heterocycles. The number of rotatable bonds is 2. The lowest BCUT2D eigenvalue weighted by molar-refractivity contribution is -0.128. The summed E-state index contributed by atoms with van der Waals surface area (Å²) in [6, 6.07) is 6.48. The summed E-state index contributed by atoms with van der Waals surface area (Å²) in [4.78, 5) is 25.5. The molecule has 2 atom stereocenters. The van der Waals surface area contributed by atoms with E-state index in [2.05, 4.69) is 0 Å². The highest BCUT2D eigenvalue weighted by atomic mass is 19.3. The molecular formula is C16H17F2NO2. The van der Waals surface area contributed by atoms with E-state index in [0.717, 1.165) is 4.90 Å². The van der Waals surface area contributed by atoms with E-state index >= 15 is 0 Å². The molecule has 2 amide bonds. The van der Waals surface area contributed by atoms with Crippen LogP contribution in [0.3, 0.4) is 0 Å². The number of carbonyl (C=O) groups is 2. The smallest absolute Gasteiger partial charge is 0.261 e. The van der Waals surface area contributed by atoms with Crippen LogP contribution in [0.1, 0.15) is 46.9 Å². The molecule has 0 N–H and O–H groups in total. The maximum atomic E-state index is 14.2. The van der Waals surface area contributed by atoms with E-state index in [-0.39, 0.29) is 6.54 Å². The van der Waals surface area contributed by atoms with E-state index in [4.69, 9.17) is 0 Å². The van der Waals surface area contributed by atoms with Crippen LogP contribution in [0.2, 0.25) is 0 Å². The van der Waals surface area contributed by atoms with Crippen LogP contribution in [-0.4, -0.2) is 29.2 Å². The Kier molecular flexibility index (Phi) is 3.30. The third-order valence-electron chi connectivity index (χ3n) is 4.67. The van der Waals surface area contributed by atoms with E-state index in [1.807, 2.05) is 0 Å². The number of amides is 2. The van der Waals surface area contributed by atoms with Gasteiger partial charge in [-0.1, -0.05) is 25.5 Å². The van der Waals surface area contributed by atoms with E-state index in [1.165, 1.54) is 6.92 Å². The molecule has 2 aliphatic rings. The summed E-state index contributed by atoms with van der Waals surface area (Å²) in [6.07, 6.45) is 1.56. The van der Waals surface area contributed by atoms with Gasteiger partial charge in [-0.15, -0.1) is 0 Å². The van der Waals surface area contributed by atoms with Crippen molar-refractivity contribution in [3.05, 3.63) is 35.4 Å². The van der Waals surface area contributed by atoms with Gasteiger partial charge in [0, 0.05) is 18.4 Å². The molecule has 0 spiro atoms. The van der Waals surface area contributed by atoms with Crippen molar-refractivity contribution in [2.45, 2.75) is 32.1 Å². The Morgan fingerprint density at radius 3 is 2.29 bits per heavy atom. The van der Waals surface area contributed by atoms with E-state index in [1.54, 1.807) is 24.3 Å². The number of hydrogen-bond donors (Lipinski definition) is 0. The number of alkyl halides is 2. The van der Waals surface area contributed by atoms with Crippen LogP contribution in [0.5, 0.6) is 0 Å². The molecule has 21 heavy (non-hydrogen) atoms. The third-order valence-corrected chi connectivity index (χ3v) is 4.67. The summed E-state index contributed by atoms with van der Waals surface area (Å²) in [6.45, 7) is 1.35. The lowest BCUT2D eigenvalue weighted by Crippen LogP contribution is -2.46. The lowest BCUT2D eigenvalue weighted by Gasteiger charge is -2.37. The second-order valence-corrected chi connectivity index (χ2v) is 5.97. The number of hydrogen-bond acceptors (Lipinski definition) is 2. The fraction of sp³-hybridized carbons (Fsp3) is 0.500. The van der Waals surface area contributed by atoms with Gasteiger partial charge in [0.05, 0.1) is 11.1 Å². The molecule has 3 nitrogen and oxygen atoms in total. The average molecular weight is 293 g/mol. The first-order chi connectivity index (χ1) is 9.93. The van der Waals surface area contributed by atoms with Crippen molar-refractivity contribution in [2.75, 3.05) is 6.54 Å². The summed E-state index contributed by atoms with van der Waals surface area (Å²) in [5.74, 6) is -5.38. The molecule has 1 aliphatic heterocycles. The minimum absolute atomic E-state index is 0.191. The molecule has 1 aliphatic carbocycles. The van der Waals surface area contributed by atoms with Gasteiger partial charge in [-0.05, 0) is 25.0 Å². The maximum Gasteiger partial charge on any atom is 0.261 e. The van der Waals surface area contributed by atoms with Gasteiger partial charge in [-0.3, -0.25) is 14.5 Å². The van der Waals surface area contributed by atoms with Crippen LogP contribution in [0.25, 0.3) is 0 Å². The zero-order valence-electron chi connectivity index (χ0n) is 11.8. The van der Waals surface area contributed by atoms with Gasteiger partial charge in [0.25, 0.3) is 17.7 Å². The van der Waals surface area contributed by atoms with Gasteiger partial charge in [0.1, 0.15) is 0 Å². The maximum absolute atomic E-state index is 14.2. The molecular weight excluding hydrogens is 276 g/mol. The Morgan fingerprint density at radius 1 is 1.14 bits per heavy atom. The molecule has 1 aromatic rings. The predicted octanol–water partition coefficient (Wildman–Crippen LogP) is 3.35. The van der Waals surface area contributed by atoms with Crippen LogP contribution < -0.4 is 0 Å². The molecule has 5 heteroatoms. The second-order valence-electron chi connectivity index (χ2n) is 5.97. The van der Waals surface area contributed by atoms with Crippen molar-refractivity contribution in [1.29, 1.82) is 0 Å². The topological polar surface area (TPSA) is 37.4 Å². The molecule has 1 fully saturated rings. The molecule has 0 bridgehead atoms. The van der Waals surface area contributed by atoms with Gasteiger partial charge in [0.2, 0.25) is 0 Å². The van der Waals surface area contributed by atoms with Gasteiger partial charge in [-0.2, -0.15) is 0 Å². The first-order valence-electron chi connectivity index (χ1n) is 7.26. The summed E-state index contributed by atoms with van der Waals surface area (Å²) in [7, 11) is 0. The number of halogens is 2. The number of fused-ring (bicyclic) bond motifs is 1. The Hall–Kier alpha value is -1.78. The zero-order chi connectivity index (χ0) is 15.2. The van der Waals surface area contributed by atoms with Crippen LogP contribution in [0.4, 0.5) is 8.78 Å². The van der Waals surface area contributed by atoms with E-state index in [0.29, 0.717) is 30.4 Å².